The number of nitrogens with one attached hydrogen (secondary N) is 1. The van der Waals surface area contributed by atoms with Crippen LogP contribution in [0.15, 0.2) is 18.7 Å². The van der Waals surface area contributed by atoms with Gasteiger partial charge in [0.05, 0.1) is 12.6 Å². The molecule has 1 aromatic heterocycles. The first-order valence-electron chi connectivity index (χ1n) is 3.48. The summed E-state index contributed by atoms with van der Waals surface area (Å²) in [6.07, 6.45) is 6.22. The maximum Gasteiger partial charge on any atom is 0.208 e. The molecular weight excluding hydrogens is 178 g/mol. The van der Waals surface area contributed by atoms with Gasteiger partial charge in [-0.25, -0.2) is 18.1 Å². The van der Waals surface area contributed by atoms with Gasteiger partial charge in [0.1, 0.15) is 0 Å². The molecule has 12 heavy (non-hydrogen) atoms. The van der Waals surface area contributed by atoms with Gasteiger partial charge in [-0.1, -0.05) is 0 Å². The number of sulfonamides is 1. The van der Waals surface area contributed by atoms with Crippen molar-refractivity contribution in [2.45, 2.75) is 6.54 Å². The normalized spacial score (nSPS) is 11.8. The van der Waals surface area contributed by atoms with Crippen molar-refractivity contribution < 1.29 is 8.42 Å². The minimum absolute atomic E-state index is 0.398. The topological polar surface area (TPSA) is 64.0 Å². The first-order chi connectivity index (χ1) is 5.58. The van der Waals surface area contributed by atoms with Crippen LogP contribution in [0.1, 0.15) is 0 Å². The van der Waals surface area contributed by atoms with E-state index in [0.29, 0.717) is 13.1 Å². The van der Waals surface area contributed by atoms with Gasteiger partial charge in [0.2, 0.25) is 10.0 Å². The van der Waals surface area contributed by atoms with E-state index in [4.69, 9.17) is 0 Å². The molecule has 0 amide bonds. The fraction of sp³-hybridized carbons (Fsp3) is 0.500. The van der Waals surface area contributed by atoms with E-state index in [1.165, 1.54) is 0 Å². The van der Waals surface area contributed by atoms with Crippen LogP contribution in [0.2, 0.25) is 0 Å². The van der Waals surface area contributed by atoms with Crippen molar-refractivity contribution >= 4 is 10.0 Å². The molecule has 0 saturated carbocycles. The van der Waals surface area contributed by atoms with Crippen LogP contribution in [0.3, 0.4) is 0 Å². The Morgan fingerprint density at radius 1 is 1.58 bits per heavy atom. The van der Waals surface area contributed by atoms with Gasteiger partial charge in [-0.05, 0) is 0 Å². The Morgan fingerprint density at radius 3 is 2.83 bits per heavy atom. The molecule has 1 heterocycles. The Bertz CT molecular complexity index is 317. The van der Waals surface area contributed by atoms with Crippen LogP contribution in [-0.4, -0.2) is 30.8 Å². The van der Waals surface area contributed by atoms with Gasteiger partial charge < -0.3 is 4.57 Å². The Labute approximate surface area is 71.5 Å². The lowest BCUT2D eigenvalue weighted by Crippen LogP contribution is -2.25. The third-order valence-electron chi connectivity index (χ3n) is 1.29. The Kier molecular flexibility index (Phi) is 2.83. The predicted octanol–water partition coefficient (Wildman–Crippen LogP) is -0.568. The van der Waals surface area contributed by atoms with E-state index in [1.54, 1.807) is 23.3 Å². The molecule has 0 aromatic carbocycles. The molecule has 0 saturated heterocycles. The first kappa shape index (κ1) is 9.21. The molecule has 0 spiro atoms. The van der Waals surface area contributed by atoms with Crippen molar-refractivity contribution in [3.63, 3.8) is 0 Å². The number of rotatable bonds is 4. The van der Waals surface area contributed by atoms with E-state index in [2.05, 4.69) is 9.71 Å². The Hall–Kier alpha value is -0.880. The summed E-state index contributed by atoms with van der Waals surface area (Å²) in [5, 5.41) is 0. The highest BCUT2D eigenvalue weighted by molar-refractivity contribution is 7.88. The average molecular weight is 189 g/mol. The zero-order chi connectivity index (χ0) is 9.03. The highest BCUT2D eigenvalue weighted by atomic mass is 32.2. The maximum atomic E-state index is 10.6. The molecule has 0 aliphatic carbocycles. The van der Waals surface area contributed by atoms with E-state index in [-0.39, 0.29) is 0 Å². The Balaban J connectivity index is 2.29. The van der Waals surface area contributed by atoms with Crippen molar-refractivity contribution in [1.82, 2.24) is 14.3 Å². The van der Waals surface area contributed by atoms with Crippen LogP contribution in [0.25, 0.3) is 0 Å². The Morgan fingerprint density at radius 2 is 2.33 bits per heavy atom. The largest absolute Gasteiger partial charge is 0.336 e. The molecule has 0 fully saturated rings. The second-order valence-corrected chi connectivity index (χ2v) is 4.30. The smallest absolute Gasteiger partial charge is 0.208 e. The van der Waals surface area contributed by atoms with E-state index in [9.17, 15) is 8.42 Å². The molecule has 0 aliphatic rings. The molecule has 6 heteroatoms. The molecule has 1 N–H and O–H groups in total. The van der Waals surface area contributed by atoms with Gasteiger partial charge in [-0.2, -0.15) is 0 Å². The summed E-state index contributed by atoms with van der Waals surface area (Å²) in [7, 11) is -3.06. The number of imidazole rings is 1. The van der Waals surface area contributed by atoms with E-state index in [0.717, 1.165) is 6.26 Å². The van der Waals surface area contributed by atoms with Crippen molar-refractivity contribution in [1.29, 1.82) is 0 Å². The molecule has 68 valence electrons. The lowest BCUT2D eigenvalue weighted by Gasteiger charge is -2.01. The van der Waals surface area contributed by atoms with Crippen molar-refractivity contribution in [3.8, 4) is 0 Å². The summed E-state index contributed by atoms with van der Waals surface area (Å²) in [6, 6.07) is 0. The van der Waals surface area contributed by atoms with Crippen LogP contribution in [0.5, 0.6) is 0 Å². The van der Waals surface area contributed by atoms with E-state index >= 15 is 0 Å². The molecule has 1 rings (SSSR count). The maximum absolute atomic E-state index is 10.6. The highest BCUT2D eigenvalue weighted by Gasteiger charge is 1.98. The van der Waals surface area contributed by atoms with Crippen LogP contribution in [0, 0.1) is 0 Å². The number of hydrogen-bond donors (Lipinski definition) is 1. The van der Waals surface area contributed by atoms with Gasteiger partial charge in [-0.15, -0.1) is 0 Å². The van der Waals surface area contributed by atoms with E-state index < -0.39 is 10.0 Å². The van der Waals surface area contributed by atoms with Crippen molar-refractivity contribution in [3.05, 3.63) is 18.7 Å². The quantitative estimate of drug-likeness (QED) is 0.690. The highest BCUT2D eigenvalue weighted by Crippen LogP contribution is 1.84. The van der Waals surface area contributed by atoms with Crippen LogP contribution >= 0.6 is 0 Å². The number of hydrogen-bond acceptors (Lipinski definition) is 3. The summed E-state index contributed by atoms with van der Waals surface area (Å²) < 4.78 is 25.4. The molecular formula is C6H11N3O2S. The molecule has 0 atom stereocenters. The van der Waals surface area contributed by atoms with Gasteiger partial charge in [0.25, 0.3) is 0 Å². The number of aromatic nitrogens is 2. The van der Waals surface area contributed by atoms with Gasteiger partial charge in [-0.3, -0.25) is 0 Å². The van der Waals surface area contributed by atoms with Crippen molar-refractivity contribution in [2.24, 2.45) is 0 Å². The van der Waals surface area contributed by atoms with Gasteiger partial charge in [0.15, 0.2) is 0 Å². The standard InChI is InChI=1S/C6H11N3O2S/c1-12(10,11)8-3-5-9-4-2-7-6-9/h2,4,6,8H,3,5H2,1H3. The zero-order valence-electron chi connectivity index (χ0n) is 6.77. The van der Waals surface area contributed by atoms with Crippen LogP contribution in [0.4, 0.5) is 0 Å². The number of nitrogens with zero attached hydrogens (tertiary/aromatic N) is 2. The third kappa shape index (κ3) is 3.49. The van der Waals surface area contributed by atoms with Crippen LogP contribution < -0.4 is 4.72 Å². The fourth-order valence-electron chi connectivity index (χ4n) is 0.779. The lowest BCUT2D eigenvalue weighted by molar-refractivity contribution is 0.578. The lowest BCUT2D eigenvalue weighted by atomic mass is 10.6. The monoisotopic (exact) mass is 189 g/mol. The second-order valence-electron chi connectivity index (χ2n) is 2.47. The third-order valence-corrected chi connectivity index (χ3v) is 2.02. The molecule has 0 radical (unpaired) electrons. The zero-order valence-corrected chi connectivity index (χ0v) is 7.58. The average Bonchev–Trinajstić information content (AvgIpc) is 2.36. The summed E-state index contributed by atoms with van der Waals surface area (Å²) in [5.41, 5.74) is 0. The summed E-state index contributed by atoms with van der Waals surface area (Å²) in [4.78, 5) is 3.82. The summed E-state index contributed by atoms with van der Waals surface area (Å²) in [5.74, 6) is 0. The minimum atomic E-state index is -3.06. The summed E-state index contributed by atoms with van der Waals surface area (Å²) >= 11 is 0. The predicted molar refractivity (Wildman–Crippen MR) is 45.1 cm³/mol. The van der Waals surface area contributed by atoms with E-state index in [1.807, 2.05) is 0 Å². The molecule has 0 unspecified atom stereocenters. The van der Waals surface area contributed by atoms with Gasteiger partial charge >= 0.3 is 0 Å². The minimum Gasteiger partial charge on any atom is -0.336 e. The molecule has 5 nitrogen and oxygen atoms in total. The molecule has 0 bridgehead atoms. The SMILES string of the molecule is CS(=O)(=O)NCCn1ccnc1. The van der Waals surface area contributed by atoms with Crippen molar-refractivity contribution in [2.75, 3.05) is 12.8 Å². The fourth-order valence-corrected chi connectivity index (χ4v) is 1.24. The first-order valence-corrected chi connectivity index (χ1v) is 5.37. The molecule has 0 aliphatic heterocycles. The molecule has 1 aromatic rings. The summed E-state index contributed by atoms with van der Waals surface area (Å²) in [6.45, 7) is 1.00. The second kappa shape index (κ2) is 3.68. The van der Waals surface area contributed by atoms with Crippen LogP contribution in [-0.2, 0) is 16.6 Å². The van der Waals surface area contributed by atoms with Gasteiger partial charge in [0, 0.05) is 25.5 Å².